The van der Waals surface area contributed by atoms with Crippen LogP contribution in [0.15, 0.2) is 30.3 Å². The Balaban J connectivity index is 2.01. The van der Waals surface area contributed by atoms with Crippen molar-refractivity contribution in [2.75, 3.05) is 0 Å². The number of benzene rings is 1. The second-order valence-electron chi connectivity index (χ2n) is 3.98. The van der Waals surface area contributed by atoms with E-state index in [1.165, 1.54) is 0 Å². The molecule has 0 unspecified atom stereocenters. The van der Waals surface area contributed by atoms with E-state index in [0.717, 1.165) is 29.5 Å². The number of pyridine rings is 1. The number of hydrogen-bond acceptors (Lipinski definition) is 3. The molecule has 0 amide bonds. The molecule has 0 atom stereocenters. The highest BCUT2D eigenvalue weighted by molar-refractivity contribution is 5.80. The fraction of sp³-hybridized carbons (Fsp3) is 0.231. The van der Waals surface area contributed by atoms with Crippen LogP contribution in [0.1, 0.15) is 18.5 Å². The van der Waals surface area contributed by atoms with Crippen molar-refractivity contribution in [3.63, 3.8) is 0 Å². The summed E-state index contributed by atoms with van der Waals surface area (Å²) in [4.78, 5) is 4.21. The summed E-state index contributed by atoms with van der Waals surface area (Å²) in [6.45, 7) is 0. The van der Waals surface area contributed by atoms with E-state index in [1.807, 2.05) is 30.3 Å². The maximum atomic E-state index is 8.74. The molecular formula is C13H10N2O. The second-order valence-corrected chi connectivity index (χ2v) is 3.98. The van der Waals surface area contributed by atoms with Gasteiger partial charge in [0, 0.05) is 5.39 Å². The Kier molecular flexibility index (Phi) is 2.00. The van der Waals surface area contributed by atoms with Crippen molar-refractivity contribution in [1.29, 1.82) is 5.26 Å². The van der Waals surface area contributed by atoms with E-state index in [-0.39, 0.29) is 0 Å². The van der Waals surface area contributed by atoms with Crippen molar-refractivity contribution < 1.29 is 4.74 Å². The first-order chi connectivity index (χ1) is 7.85. The number of hydrogen-bond donors (Lipinski definition) is 0. The molecule has 1 heterocycles. The van der Waals surface area contributed by atoms with Crippen LogP contribution < -0.4 is 4.74 Å². The fourth-order valence-corrected chi connectivity index (χ4v) is 1.62. The molecule has 3 nitrogen and oxygen atoms in total. The lowest BCUT2D eigenvalue weighted by Gasteiger charge is -2.05. The third-order valence-corrected chi connectivity index (χ3v) is 2.60. The molecule has 1 aromatic heterocycles. The highest BCUT2D eigenvalue weighted by atomic mass is 16.5. The van der Waals surface area contributed by atoms with Crippen molar-refractivity contribution in [2.45, 2.75) is 18.9 Å². The van der Waals surface area contributed by atoms with Crippen LogP contribution in [-0.4, -0.2) is 11.1 Å². The van der Waals surface area contributed by atoms with Crippen LogP contribution in [0.25, 0.3) is 10.9 Å². The molecule has 0 bridgehead atoms. The molecule has 0 saturated heterocycles. The van der Waals surface area contributed by atoms with E-state index in [0.29, 0.717) is 11.8 Å². The summed E-state index contributed by atoms with van der Waals surface area (Å²) in [6, 6.07) is 11.4. The first kappa shape index (κ1) is 9.17. The molecule has 78 valence electrons. The molecule has 2 aromatic rings. The van der Waals surface area contributed by atoms with Crippen molar-refractivity contribution in [3.8, 4) is 11.8 Å². The average Bonchev–Trinajstić information content (AvgIpc) is 3.12. The second kappa shape index (κ2) is 3.49. The van der Waals surface area contributed by atoms with Gasteiger partial charge in [-0.25, -0.2) is 4.98 Å². The van der Waals surface area contributed by atoms with Gasteiger partial charge in [-0.3, -0.25) is 0 Å². The Morgan fingerprint density at radius 1 is 1.25 bits per heavy atom. The Morgan fingerprint density at radius 3 is 2.88 bits per heavy atom. The average molecular weight is 210 g/mol. The number of ether oxygens (including phenoxy) is 1. The molecule has 0 N–H and O–H groups in total. The number of fused-ring (bicyclic) bond motifs is 1. The van der Waals surface area contributed by atoms with E-state index in [9.17, 15) is 0 Å². The normalized spacial score (nSPS) is 14.7. The van der Waals surface area contributed by atoms with Crippen LogP contribution in [0.5, 0.6) is 5.75 Å². The van der Waals surface area contributed by atoms with Gasteiger partial charge in [-0.15, -0.1) is 0 Å². The van der Waals surface area contributed by atoms with Gasteiger partial charge in [-0.2, -0.15) is 5.26 Å². The maximum absolute atomic E-state index is 8.74. The van der Waals surface area contributed by atoms with Crippen LogP contribution in [0.3, 0.4) is 0 Å². The van der Waals surface area contributed by atoms with Crippen molar-refractivity contribution >= 4 is 10.9 Å². The number of nitrogens with zero attached hydrogens (tertiary/aromatic N) is 2. The number of nitriles is 1. The lowest BCUT2D eigenvalue weighted by Crippen LogP contribution is -1.95. The Hall–Kier alpha value is -2.08. The van der Waals surface area contributed by atoms with Crippen molar-refractivity contribution in [1.82, 2.24) is 4.98 Å². The van der Waals surface area contributed by atoms with Gasteiger partial charge >= 0.3 is 0 Å². The smallest absolute Gasteiger partial charge is 0.141 e. The quantitative estimate of drug-likeness (QED) is 0.765. The van der Waals surface area contributed by atoms with Crippen LogP contribution in [0, 0.1) is 11.3 Å². The minimum atomic E-state index is 0.406. The van der Waals surface area contributed by atoms with Crippen molar-refractivity contribution in [2.24, 2.45) is 0 Å². The summed E-state index contributed by atoms with van der Waals surface area (Å²) in [7, 11) is 0. The monoisotopic (exact) mass is 210 g/mol. The third kappa shape index (κ3) is 1.70. The molecule has 16 heavy (non-hydrogen) atoms. The first-order valence-corrected chi connectivity index (χ1v) is 5.33. The van der Waals surface area contributed by atoms with Gasteiger partial charge in [0.15, 0.2) is 0 Å². The molecular weight excluding hydrogens is 200 g/mol. The van der Waals surface area contributed by atoms with Crippen LogP contribution in [0.2, 0.25) is 0 Å². The van der Waals surface area contributed by atoms with E-state index in [2.05, 4.69) is 4.98 Å². The van der Waals surface area contributed by atoms with E-state index in [4.69, 9.17) is 10.00 Å². The molecule has 0 radical (unpaired) electrons. The minimum absolute atomic E-state index is 0.406. The largest absolute Gasteiger partial charge is 0.490 e. The lowest BCUT2D eigenvalue weighted by molar-refractivity contribution is 0.303. The van der Waals surface area contributed by atoms with Crippen molar-refractivity contribution in [3.05, 3.63) is 36.0 Å². The summed E-state index contributed by atoms with van der Waals surface area (Å²) in [6.07, 6.45) is 2.72. The molecule has 1 fully saturated rings. The predicted molar refractivity (Wildman–Crippen MR) is 60.1 cm³/mol. The molecule has 3 rings (SSSR count). The van der Waals surface area contributed by atoms with E-state index in [1.54, 1.807) is 6.07 Å². The number of aromatic nitrogens is 1. The van der Waals surface area contributed by atoms with Crippen LogP contribution in [-0.2, 0) is 0 Å². The van der Waals surface area contributed by atoms with E-state index >= 15 is 0 Å². The predicted octanol–water partition coefficient (Wildman–Crippen LogP) is 2.65. The van der Waals surface area contributed by atoms with Gasteiger partial charge in [-0.1, -0.05) is 0 Å². The molecule has 0 spiro atoms. The highest BCUT2D eigenvalue weighted by Gasteiger charge is 2.23. The van der Waals surface area contributed by atoms with Gasteiger partial charge in [0.2, 0.25) is 0 Å². The topological polar surface area (TPSA) is 45.9 Å². The summed E-state index contributed by atoms with van der Waals surface area (Å²) in [5.41, 5.74) is 1.28. The summed E-state index contributed by atoms with van der Waals surface area (Å²) in [5.74, 6) is 0.890. The van der Waals surface area contributed by atoms with Gasteiger partial charge < -0.3 is 4.74 Å². The summed E-state index contributed by atoms with van der Waals surface area (Å²) in [5, 5.41) is 9.75. The molecule has 0 aliphatic heterocycles. The zero-order valence-electron chi connectivity index (χ0n) is 8.68. The SMILES string of the molecule is N#Cc1ccc2cc(OC3CC3)ccc2n1. The maximum Gasteiger partial charge on any atom is 0.141 e. The standard InChI is InChI=1S/C13H10N2O/c14-8-10-2-1-9-7-12(16-11-3-4-11)5-6-13(9)15-10/h1-2,5-7,11H,3-4H2. The molecule has 1 aliphatic rings. The van der Waals surface area contributed by atoms with Gasteiger partial charge in [0.05, 0.1) is 11.6 Å². The zero-order chi connectivity index (χ0) is 11.0. The van der Waals surface area contributed by atoms with Crippen LogP contribution >= 0.6 is 0 Å². The summed E-state index contributed by atoms with van der Waals surface area (Å²) >= 11 is 0. The van der Waals surface area contributed by atoms with Gasteiger partial charge in [0.1, 0.15) is 17.5 Å². The summed E-state index contributed by atoms with van der Waals surface area (Å²) < 4.78 is 5.70. The molecule has 1 saturated carbocycles. The van der Waals surface area contributed by atoms with Crippen LogP contribution in [0.4, 0.5) is 0 Å². The Morgan fingerprint density at radius 2 is 2.12 bits per heavy atom. The lowest BCUT2D eigenvalue weighted by atomic mass is 10.2. The minimum Gasteiger partial charge on any atom is -0.490 e. The Labute approximate surface area is 93.3 Å². The van der Waals surface area contributed by atoms with Gasteiger partial charge in [-0.05, 0) is 43.2 Å². The first-order valence-electron chi connectivity index (χ1n) is 5.33. The molecule has 1 aliphatic carbocycles. The number of rotatable bonds is 2. The van der Waals surface area contributed by atoms with Gasteiger partial charge in [0.25, 0.3) is 0 Å². The van der Waals surface area contributed by atoms with E-state index < -0.39 is 0 Å². The third-order valence-electron chi connectivity index (χ3n) is 2.60. The molecule has 1 aromatic carbocycles. The highest BCUT2D eigenvalue weighted by Crippen LogP contribution is 2.28. The zero-order valence-corrected chi connectivity index (χ0v) is 8.68. The molecule has 3 heteroatoms. The fourth-order valence-electron chi connectivity index (χ4n) is 1.62. The Bertz CT molecular complexity index is 582.